The third-order valence-corrected chi connectivity index (χ3v) is 3.70. The van der Waals surface area contributed by atoms with Crippen LogP contribution in [0, 0.1) is 5.82 Å². The van der Waals surface area contributed by atoms with Gasteiger partial charge in [0, 0.05) is 10.2 Å². The first-order valence-corrected chi connectivity index (χ1v) is 6.88. The second-order valence-electron chi connectivity index (χ2n) is 4.45. The number of amides is 1. The Kier molecular flexibility index (Phi) is 4.39. The first-order chi connectivity index (χ1) is 9.49. The largest absolute Gasteiger partial charge is 0.398 e. The zero-order valence-electron chi connectivity index (χ0n) is 10.9. The van der Waals surface area contributed by atoms with Crippen molar-refractivity contribution in [3.05, 3.63) is 63.9 Å². The summed E-state index contributed by atoms with van der Waals surface area (Å²) in [4.78, 5) is 12.1. The smallest absolute Gasteiger partial charge is 0.253 e. The van der Waals surface area contributed by atoms with Crippen LogP contribution in [0.1, 0.15) is 28.9 Å². The molecule has 2 aromatic rings. The fraction of sp³-hybridized carbons (Fsp3) is 0.133. The van der Waals surface area contributed by atoms with Crippen LogP contribution in [0.25, 0.3) is 0 Å². The SMILES string of the molecule is CC(NC(=O)c1cc(F)ccc1N)c1ccccc1Br. The van der Waals surface area contributed by atoms with E-state index in [1.54, 1.807) is 0 Å². The molecule has 0 fully saturated rings. The third-order valence-electron chi connectivity index (χ3n) is 2.98. The van der Waals surface area contributed by atoms with Gasteiger partial charge in [-0.2, -0.15) is 0 Å². The molecule has 0 saturated heterocycles. The van der Waals surface area contributed by atoms with Gasteiger partial charge in [0.15, 0.2) is 0 Å². The number of carbonyl (C=O) groups excluding carboxylic acids is 1. The maximum Gasteiger partial charge on any atom is 0.253 e. The number of carbonyl (C=O) groups is 1. The Balaban J connectivity index is 2.20. The highest BCUT2D eigenvalue weighted by Crippen LogP contribution is 2.23. The van der Waals surface area contributed by atoms with E-state index in [0.717, 1.165) is 16.1 Å². The Labute approximate surface area is 125 Å². The number of nitrogen functional groups attached to an aromatic ring is 1. The summed E-state index contributed by atoms with van der Waals surface area (Å²) in [6.07, 6.45) is 0. The van der Waals surface area contributed by atoms with Crippen molar-refractivity contribution in [2.45, 2.75) is 13.0 Å². The molecule has 3 nitrogen and oxygen atoms in total. The summed E-state index contributed by atoms with van der Waals surface area (Å²) in [5, 5.41) is 2.81. The number of hydrogen-bond acceptors (Lipinski definition) is 2. The number of rotatable bonds is 3. The van der Waals surface area contributed by atoms with Crippen LogP contribution >= 0.6 is 15.9 Å². The molecule has 0 bridgehead atoms. The lowest BCUT2D eigenvalue weighted by molar-refractivity contribution is 0.0940. The summed E-state index contributed by atoms with van der Waals surface area (Å²) in [5.74, 6) is -0.886. The number of anilines is 1. The van der Waals surface area contributed by atoms with Crippen molar-refractivity contribution in [3.63, 3.8) is 0 Å². The molecule has 0 aliphatic rings. The van der Waals surface area contributed by atoms with Crippen molar-refractivity contribution in [2.24, 2.45) is 0 Å². The van der Waals surface area contributed by atoms with Crippen LogP contribution in [0.4, 0.5) is 10.1 Å². The molecule has 104 valence electrons. The van der Waals surface area contributed by atoms with Crippen LogP contribution in [0.15, 0.2) is 46.9 Å². The molecule has 1 amide bonds. The van der Waals surface area contributed by atoms with Gasteiger partial charge in [-0.3, -0.25) is 4.79 Å². The Hall–Kier alpha value is -1.88. The van der Waals surface area contributed by atoms with Gasteiger partial charge >= 0.3 is 0 Å². The number of nitrogens with two attached hydrogens (primary N) is 1. The van der Waals surface area contributed by atoms with Gasteiger partial charge in [0.1, 0.15) is 5.82 Å². The molecule has 0 radical (unpaired) electrons. The molecular formula is C15H14BrFN2O. The van der Waals surface area contributed by atoms with Crippen LogP contribution in [0.2, 0.25) is 0 Å². The van der Waals surface area contributed by atoms with Crippen molar-refractivity contribution in [2.75, 3.05) is 5.73 Å². The molecule has 20 heavy (non-hydrogen) atoms. The van der Waals surface area contributed by atoms with Crippen molar-refractivity contribution in [1.29, 1.82) is 0 Å². The lowest BCUT2D eigenvalue weighted by Crippen LogP contribution is -2.27. The van der Waals surface area contributed by atoms with E-state index in [-0.39, 0.29) is 17.3 Å². The minimum Gasteiger partial charge on any atom is -0.398 e. The molecule has 2 aromatic carbocycles. The Bertz CT molecular complexity index is 646. The van der Waals surface area contributed by atoms with E-state index in [1.165, 1.54) is 12.1 Å². The van der Waals surface area contributed by atoms with Crippen LogP contribution in [0.5, 0.6) is 0 Å². The average molecular weight is 337 g/mol. The molecular weight excluding hydrogens is 323 g/mol. The molecule has 0 spiro atoms. The van der Waals surface area contributed by atoms with Crippen LogP contribution in [-0.2, 0) is 0 Å². The Morgan fingerprint density at radius 1 is 1.30 bits per heavy atom. The maximum atomic E-state index is 13.2. The van der Waals surface area contributed by atoms with E-state index >= 15 is 0 Å². The molecule has 0 saturated carbocycles. The minimum atomic E-state index is -0.488. The van der Waals surface area contributed by atoms with Gasteiger partial charge in [0.2, 0.25) is 0 Å². The van der Waals surface area contributed by atoms with Gasteiger partial charge in [0.25, 0.3) is 5.91 Å². The first kappa shape index (κ1) is 14.5. The van der Waals surface area contributed by atoms with Crippen molar-refractivity contribution in [1.82, 2.24) is 5.32 Å². The molecule has 2 rings (SSSR count). The zero-order chi connectivity index (χ0) is 14.7. The Morgan fingerprint density at radius 3 is 2.70 bits per heavy atom. The fourth-order valence-corrected chi connectivity index (χ4v) is 2.53. The molecule has 3 N–H and O–H groups in total. The second kappa shape index (κ2) is 6.05. The summed E-state index contributed by atoms with van der Waals surface area (Å²) in [7, 11) is 0. The van der Waals surface area contributed by atoms with Crippen LogP contribution < -0.4 is 11.1 Å². The number of benzene rings is 2. The summed E-state index contributed by atoms with van der Waals surface area (Å²) in [6, 6.07) is 11.1. The number of hydrogen-bond donors (Lipinski definition) is 2. The molecule has 0 aromatic heterocycles. The standard InChI is InChI=1S/C15H14BrFN2O/c1-9(11-4-2-3-5-13(11)16)19-15(20)12-8-10(17)6-7-14(12)18/h2-9H,18H2,1H3,(H,19,20). The normalized spacial score (nSPS) is 11.9. The lowest BCUT2D eigenvalue weighted by atomic mass is 10.1. The van der Waals surface area contributed by atoms with E-state index in [9.17, 15) is 9.18 Å². The van der Waals surface area contributed by atoms with Crippen molar-refractivity contribution >= 4 is 27.5 Å². The van der Waals surface area contributed by atoms with Crippen molar-refractivity contribution in [3.8, 4) is 0 Å². The van der Waals surface area contributed by atoms with E-state index in [1.807, 2.05) is 31.2 Å². The monoisotopic (exact) mass is 336 g/mol. The van der Waals surface area contributed by atoms with Gasteiger partial charge < -0.3 is 11.1 Å². The lowest BCUT2D eigenvalue weighted by Gasteiger charge is -2.16. The maximum absolute atomic E-state index is 13.2. The van der Waals surface area contributed by atoms with Gasteiger partial charge in [-0.25, -0.2) is 4.39 Å². The van der Waals surface area contributed by atoms with Gasteiger partial charge in [-0.1, -0.05) is 34.1 Å². The number of nitrogens with one attached hydrogen (secondary N) is 1. The van der Waals surface area contributed by atoms with Crippen molar-refractivity contribution < 1.29 is 9.18 Å². The average Bonchev–Trinajstić information content (AvgIpc) is 2.41. The zero-order valence-corrected chi connectivity index (χ0v) is 12.4. The van der Waals surface area contributed by atoms with Gasteiger partial charge in [0.05, 0.1) is 11.6 Å². The predicted octanol–water partition coefficient (Wildman–Crippen LogP) is 3.66. The van der Waals surface area contributed by atoms with Gasteiger partial charge in [-0.15, -0.1) is 0 Å². The summed E-state index contributed by atoms with van der Waals surface area (Å²) in [5.41, 5.74) is 7.03. The molecule has 0 aliphatic heterocycles. The van der Waals surface area contributed by atoms with E-state index in [0.29, 0.717) is 0 Å². The number of halogens is 2. The molecule has 0 heterocycles. The quantitative estimate of drug-likeness (QED) is 0.840. The second-order valence-corrected chi connectivity index (χ2v) is 5.30. The molecule has 1 unspecified atom stereocenters. The molecule has 1 atom stereocenters. The van der Waals surface area contributed by atoms with E-state index in [2.05, 4.69) is 21.2 Å². The van der Waals surface area contributed by atoms with Crippen LogP contribution in [0.3, 0.4) is 0 Å². The highest BCUT2D eigenvalue weighted by atomic mass is 79.9. The van der Waals surface area contributed by atoms with Gasteiger partial charge in [-0.05, 0) is 36.8 Å². The van der Waals surface area contributed by atoms with E-state index < -0.39 is 11.7 Å². The molecule has 5 heteroatoms. The minimum absolute atomic E-state index is 0.143. The topological polar surface area (TPSA) is 55.1 Å². The Morgan fingerprint density at radius 2 is 2.00 bits per heavy atom. The van der Waals surface area contributed by atoms with Crippen LogP contribution in [-0.4, -0.2) is 5.91 Å². The highest BCUT2D eigenvalue weighted by molar-refractivity contribution is 9.10. The highest BCUT2D eigenvalue weighted by Gasteiger charge is 2.15. The summed E-state index contributed by atoms with van der Waals surface area (Å²) < 4.78 is 14.1. The predicted molar refractivity (Wildman–Crippen MR) is 80.8 cm³/mol. The summed E-state index contributed by atoms with van der Waals surface area (Å²) >= 11 is 3.43. The van der Waals surface area contributed by atoms with E-state index in [4.69, 9.17) is 5.73 Å². The summed E-state index contributed by atoms with van der Waals surface area (Å²) in [6.45, 7) is 1.85. The first-order valence-electron chi connectivity index (χ1n) is 6.09. The third kappa shape index (κ3) is 3.17. The fourth-order valence-electron chi connectivity index (χ4n) is 1.90. The molecule has 0 aliphatic carbocycles.